The van der Waals surface area contributed by atoms with Crippen molar-refractivity contribution >= 4 is 34.2 Å². The lowest BCUT2D eigenvalue weighted by molar-refractivity contribution is 0.0577. The molecule has 0 unspecified atom stereocenters. The average Bonchev–Trinajstić information content (AvgIpc) is 2.07. The molecular weight excluding hydrogens is 290 g/mol. The van der Waals surface area contributed by atoms with Gasteiger partial charge >= 0.3 is 0 Å². The van der Waals surface area contributed by atoms with Crippen LogP contribution in [-0.2, 0) is 6.54 Å². The topological polar surface area (TPSA) is 38.0 Å². The molecule has 0 aliphatic carbocycles. The molecule has 68 valence electrons. The van der Waals surface area contributed by atoms with E-state index in [0.29, 0.717) is 11.7 Å². The predicted octanol–water partition coefficient (Wildman–Crippen LogP) is 1.91. The summed E-state index contributed by atoms with van der Waals surface area (Å²) in [6.07, 6.45) is 1.81. The van der Waals surface area contributed by atoms with Crippen molar-refractivity contribution in [3.63, 3.8) is 0 Å². The van der Waals surface area contributed by atoms with Gasteiger partial charge in [0, 0.05) is 6.20 Å². The van der Waals surface area contributed by atoms with Crippen LogP contribution in [0.4, 0.5) is 0 Å². The van der Waals surface area contributed by atoms with Crippen LogP contribution in [0.3, 0.4) is 0 Å². The molecule has 1 aromatic heterocycles. The second kappa shape index (κ2) is 3.51. The lowest BCUT2D eigenvalue weighted by Gasteiger charge is -2.16. The van der Waals surface area contributed by atoms with Gasteiger partial charge < -0.3 is 5.11 Å². The minimum Gasteiger partial charge on any atom is -0.389 e. The van der Waals surface area contributed by atoms with E-state index in [1.807, 2.05) is 0 Å². The molecule has 1 aromatic rings. The third-order valence-electron chi connectivity index (χ3n) is 1.22. The molecule has 1 N–H and O–H groups in total. The van der Waals surface area contributed by atoms with Gasteiger partial charge in [0.05, 0.1) is 15.7 Å². The van der Waals surface area contributed by atoms with Gasteiger partial charge in [0.2, 0.25) is 0 Å². The van der Waals surface area contributed by atoms with E-state index in [1.54, 1.807) is 24.7 Å². The van der Waals surface area contributed by atoms with Crippen LogP contribution < -0.4 is 0 Å². The zero-order chi connectivity index (χ0) is 9.35. The monoisotopic (exact) mass is 300 g/mol. The van der Waals surface area contributed by atoms with Gasteiger partial charge in [-0.05, 0) is 36.4 Å². The molecule has 0 spiro atoms. The molecule has 0 saturated carbocycles. The molecule has 1 heterocycles. The number of aliphatic hydroxyl groups is 1. The zero-order valence-electron chi connectivity index (χ0n) is 6.88. The summed E-state index contributed by atoms with van der Waals surface area (Å²) in [6.45, 7) is 3.92. The number of hydrogen-bond donors (Lipinski definition) is 1. The number of aromatic nitrogens is 2. The Labute approximate surface area is 89.9 Å². The summed E-state index contributed by atoms with van der Waals surface area (Å²) in [7, 11) is 0. The quantitative estimate of drug-likeness (QED) is 0.847. The smallest absolute Gasteiger partial charge is 0.164 e. The van der Waals surface area contributed by atoms with Gasteiger partial charge in [-0.3, -0.25) is 4.68 Å². The van der Waals surface area contributed by atoms with Crippen molar-refractivity contribution in [1.82, 2.24) is 9.78 Å². The maximum absolute atomic E-state index is 9.46. The summed E-state index contributed by atoms with van der Waals surface area (Å²) >= 11 is 7.84. The average molecular weight is 301 g/mol. The van der Waals surface area contributed by atoms with Gasteiger partial charge in [0.1, 0.15) is 0 Å². The summed E-state index contributed by atoms with van der Waals surface area (Å²) in [5.41, 5.74) is -0.752. The first kappa shape index (κ1) is 10.3. The minimum absolute atomic E-state index is 0.454. The van der Waals surface area contributed by atoms with Crippen LogP contribution in [0, 0.1) is 3.57 Å². The van der Waals surface area contributed by atoms with E-state index in [2.05, 4.69) is 27.7 Å². The molecule has 0 radical (unpaired) electrons. The van der Waals surface area contributed by atoms with Crippen LogP contribution in [0.2, 0.25) is 5.15 Å². The number of hydrogen-bond acceptors (Lipinski definition) is 2. The van der Waals surface area contributed by atoms with E-state index < -0.39 is 5.60 Å². The van der Waals surface area contributed by atoms with Gasteiger partial charge in [-0.15, -0.1) is 0 Å². The third kappa shape index (κ3) is 2.91. The van der Waals surface area contributed by atoms with Crippen molar-refractivity contribution in [3.05, 3.63) is 14.9 Å². The Bertz CT molecular complexity index is 260. The maximum atomic E-state index is 9.46. The van der Waals surface area contributed by atoms with E-state index in [0.717, 1.165) is 3.57 Å². The van der Waals surface area contributed by atoms with Gasteiger partial charge in [0.15, 0.2) is 5.15 Å². The van der Waals surface area contributed by atoms with Crippen molar-refractivity contribution in [3.8, 4) is 0 Å². The van der Waals surface area contributed by atoms with Crippen molar-refractivity contribution < 1.29 is 5.11 Å². The highest BCUT2D eigenvalue weighted by Crippen LogP contribution is 2.16. The maximum Gasteiger partial charge on any atom is 0.164 e. The summed E-state index contributed by atoms with van der Waals surface area (Å²) in [5.74, 6) is 0. The van der Waals surface area contributed by atoms with Crippen LogP contribution >= 0.6 is 34.2 Å². The lowest BCUT2D eigenvalue weighted by atomic mass is 10.1. The summed E-state index contributed by atoms with van der Waals surface area (Å²) in [4.78, 5) is 0. The molecule has 0 aliphatic rings. The largest absolute Gasteiger partial charge is 0.389 e. The summed E-state index contributed by atoms with van der Waals surface area (Å²) in [6, 6.07) is 0. The molecule has 3 nitrogen and oxygen atoms in total. The Morgan fingerprint density at radius 3 is 2.67 bits per heavy atom. The van der Waals surface area contributed by atoms with Crippen LogP contribution in [-0.4, -0.2) is 20.5 Å². The zero-order valence-corrected chi connectivity index (χ0v) is 9.80. The minimum atomic E-state index is -0.752. The normalized spacial score (nSPS) is 12.1. The van der Waals surface area contributed by atoms with Crippen LogP contribution in [0.1, 0.15) is 13.8 Å². The standard InChI is InChI=1S/C7H10ClIN2O/c1-7(2,12)4-11-3-5(9)6(8)10-11/h3,12H,4H2,1-2H3. The summed E-state index contributed by atoms with van der Waals surface area (Å²) < 4.78 is 2.54. The third-order valence-corrected chi connectivity index (χ3v) is 2.61. The Kier molecular flexibility index (Phi) is 3.01. The highest BCUT2D eigenvalue weighted by Gasteiger charge is 2.14. The molecule has 5 heteroatoms. The summed E-state index contributed by atoms with van der Waals surface area (Å²) in [5, 5.41) is 14.0. The van der Waals surface area contributed by atoms with Crippen molar-refractivity contribution in [2.24, 2.45) is 0 Å². The first-order valence-corrected chi connectivity index (χ1v) is 4.95. The fraction of sp³-hybridized carbons (Fsp3) is 0.571. The SMILES string of the molecule is CC(C)(O)Cn1cc(I)c(Cl)n1. The van der Waals surface area contributed by atoms with Gasteiger partial charge in [-0.1, -0.05) is 11.6 Å². The second-order valence-corrected chi connectivity index (χ2v) is 4.80. The fourth-order valence-corrected chi connectivity index (χ4v) is 1.43. The fourth-order valence-electron chi connectivity index (χ4n) is 0.851. The van der Waals surface area contributed by atoms with Crippen molar-refractivity contribution in [2.45, 2.75) is 26.0 Å². The molecule has 0 bridgehead atoms. The predicted molar refractivity (Wildman–Crippen MR) is 56.3 cm³/mol. The van der Waals surface area contributed by atoms with Crippen molar-refractivity contribution in [1.29, 1.82) is 0 Å². The Balaban J connectivity index is 2.77. The van der Waals surface area contributed by atoms with Gasteiger partial charge in [-0.2, -0.15) is 5.10 Å². The van der Waals surface area contributed by atoms with E-state index in [1.165, 1.54) is 0 Å². The van der Waals surface area contributed by atoms with E-state index in [9.17, 15) is 5.11 Å². The van der Waals surface area contributed by atoms with E-state index in [-0.39, 0.29) is 0 Å². The molecule has 0 aromatic carbocycles. The number of halogens is 2. The highest BCUT2D eigenvalue weighted by atomic mass is 127. The molecule has 12 heavy (non-hydrogen) atoms. The first-order valence-electron chi connectivity index (χ1n) is 3.49. The second-order valence-electron chi connectivity index (χ2n) is 3.28. The molecular formula is C7H10ClIN2O. The highest BCUT2D eigenvalue weighted by molar-refractivity contribution is 14.1. The Hall–Kier alpha value is 0.190. The molecule has 0 fully saturated rings. The lowest BCUT2D eigenvalue weighted by Crippen LogP contribution is -2.26. The molecule has 1 rings (SSSR count). The van der Waals surface area contributed by atoms with Crippen LogP contribution in [0.15, 0.2) is 6.20 Å². The molecule has 0 saturated heterocycles. The Morgan fingerprint density at radius 1 is 1.75 bits per heavy atom. The number of nitrogens with zero attached hydrogens (tertiary/aromatic N) is 2. The molecule has 0 atom stereocenters. The van der Waals surface area contributed by atoms with Crippen molar-refractivity contribution in [2.75, 3.05) is 0 Å². The van der Waals surface area contributed by atoms with Crippen LogP contribution in [0.25, 0.3) is 0 Å². The van der Waals surface area contributed by atoms with E-state index in [4.69, 9.17) is 11.6 Å². The Morgan fingerprint density at radius 2 is 2.33 bits per heavy atom. The van der Waals surface area contributed by atoms with Crippen LogP contribution in [0.5, 0.6) is 0 Å². The van der Waals surface area contributed by atoms with Gasteiger partial charge in [0.25, 0.3) is 0 Å². The molecule has 0 aliphatic heterocycles. The number of rotatable bonds is 2. The first-order chi connectivity index (χ1) is 5.38. The molecule has 0 amide bonds. The van der Waals surface area contributed by atoms with Gasteiger partial charge in [-0.25, -0.2) is 0 Å². The van der Waals surface area contributed by atoms with E-state index >= 15 is 0 Å².